The zero-order valence-corrected chi connectivity index (χ0v) is 20.2. The second-order valence-electron chi connectivity index (χ2n) is 8.61. The van der Waals surface area contributed by atoms with Crippen molar-refractivity contribution in [1.82, 2.24) is 15.5 Å². The summed E-state index contributed by atoms with van der Waals surface area (Å²) in [5.74, 6) is 1.13. The van der Waals surface area contributed by atoms with Crippen LogP contribution in [0.3, 0.4) is 0 Å². The number of hydrogen-bond donors (Lipinski definition) is 2. The molecule has 3 atom stereocenters. The van der Waals surface area contributed by atoms with E-state index in [1.807, 2.05) is 25.8 Å². The van der Waals surface area contributed by atoms with Gasteiger partial charge in [0.2, 0.25) is 5.91 Å². The molecule has 158 valence electrons. The molecule has 2 N–H and O–H groups in total. The van der Waals surface area contributed by atoms with Crippen LogP contribution in [0.15, 0.2) is 4.99 Å². The van der Waals surface area contributed by atoms with Crippen LogP contribution >= 0.6 is 24.0 Å². The second-order valence-corrected chi connectivity index (χ2v) is 8.61. The summed E-state index contributed by atoms with van der Waals surface area (Å²) in [4.78, 5) is 18.5. The van der Waals surface area contributed by atoms with Gasteiger partial charge in [-0.25, -0.2) is 0 Å². The molecule has 1 aliphatic heterocycles. The van der Waals surface area contributed by atoms with E-state index in [4.69, 9.17) is 4.74 Å². The van der Waals surface area contributed by atoms with E-state index in [1.165, 1.54) is 6.42 Å². The van der Waals surface area contributed by atoms with E-state index in [0.29, 0.717) is 12.1 Å². The van der Waals surface area contributed by atoms with Crippen molar-refractivity contribution in [2.45, 2.75) is 78.5 Å². The SMILES string of the molecule is CCCCOC1CC(NC(=NC)NC2CCN(C(=O)C(C)C)C2)C1(C)C.I. The number of nitrogens with one attached hydrogen (secondary N) is 2. The third kappa shape index (κ3) is 6.21. The Labute approximate surface area is 182 Å². The molecule has 0 aromatic heterocycles. The summed E-state index contributed by atoms with van der Waals surface area (Å²) in [6.45, 7) is 13.1. The number of aliphatic imine (C=N–C) groups is 1. The minimum absolute atomic E-state index is 0. The molecule has 1 amide bonds. The van der Waals surface area contributed by atoms with Crippen LogP contribution in [0.5, 0.6) is 0 Å². The second kappa shape index (κ2) is 10.8. The molecule has 1 aliphatic carbocycles. The number of likely N-dealkylation sites (tertiary alicyclic amines) is 1. The minimum atomic E-state index is 0. The van der Waals surface area contributed by atoms with Crippen LogP contribution in [0.25, 0.3) is 0 Å². The summed E-state index contributed by atoms with van der Waals surface area (Å²) in [5, 5.41) is 7.06. The molecule has 2 aliphatic rings. The number of nitrogens with zero attached hydrogens (tertiary/aromatic N) is 2. The van der Waals surface area contributed by atoms with E-state index in [2.05, 4.69) is 36.4 Å². The molecule has 0 radical (unpaired) electrons. The molecule has 0 spiro atoms. The quantitative estimate of drug-likeness (QED) is 0.247. The lowest BCUT2D eigenvalue weighted by atomic mass is 9.64. The Morgan fingerprint density at radius 3 is 2.59 bits per heavy atom. The average Bonchev–Trinajstić information content (AvgIpc) is 3.06. The largest absolute Gasteiger partial charge is 0.378 e. The predicted molar refractivity (Wildman–Crippen MR) is 122 cm³/mol. The maximum Gasteiger partial charge on any atom is 0.225 e. The van der Waals surface area contributed by atoms with Gasteiger partial charge in [-0.05, 0) is 19.3 Å². The first-order chi connectivity index (χ1) is 12.3. The van der Waals surface area contributed by atoms with Crippen molar-refractivity contribution in [2.24, 2.45) is 16.3 Å². The first-order valence-electron chi connectivity index (χ1n) is 10.2. The lowest BCUT2D eigenvalue weighted by molar-refractivity contribution is -0.133. The number of amides is 1. The highest BCUT2D eigenvalue weighted by molar-refractivity contribution is 14.0. The van der Waals surface area contributed by atoms with E-state index in [9.17, 15) is 4.79 Å². The Balaban J connectivity index is 0.00000364. The van der Waals surface area contributed by atoms with Crippen LogP contribution in [0.2, 0.25) is 0 Å². The van der Waals surface area contributed by atoms with Gasteiger partial charge in [-0.2, -0.15) is 0 Å². The van der Waals surface area contributed by atoms with Gasteiger partial charge < -0.3 is 20.3 Å². The van der Waals surface area contributed by atoms with Crippen molar-refractivity contribution in [2.75, 3.05) is 26.7 Å². The van der Waals surface area contributed by atoms with Gasteiger partial charge in [-0.3, -0.25) is 9.79 Å². The predicted octanol–water partition coefficient (Wildman–Crippen LogP) is 3.01. The van der Waals surface area contributed by atoms with Crippen molar-refractivity contribution < 1.29 is 9.53 Å². The smallest absolute Gasteiger partial charge is 0.225 e. The molecule has 2 fully saturated rings. The third-order valence-electron chi connectivity index (χ3n) is 5.86. The first-order valence-corrected chi connectivity index (χ1v) is 10.2. The Hall–Kier alpha value is -0.570. The summed E-state index contributed by atoms with van der Waals surface area (Å²) < 4.78 is 6.03. The molecular formula is C20H39IN4O2. The van der Waals surface area contributed by atoms with Crippen LogP contribution in [0.1, 0.15) is 60.3 Å². The summed E-state index contributed by atoms with van der Waals surface area (Å²) in [5.41, 5.74) is 0.0979. The lowest BCUT2D eigenvalue weighted by Gasteiger charge is -2.52. The van der Waals surface area contributed by atoms with Crippen LogP contribution in [0.4, 0.5) is 0 Å². The fourth-order valence-electron chi connectivity index (χ4n) is 3.76. The van der Waals surface area contributed by atoms with Gasteiger partial charge >= 0.3 is 0 Å². The molecule has 2 rings (SSSR count). The maximum absolute atomic E-state index is 12.1. The Morgan fingerprint density at radius 1 is 1.33 bits per heavy atom. The van der Waals surface area contributed by atoms with Gasteiger partial charge in [-0.1, -0.05) is 41.0 Å². The molecule has 6 nitrogen and oxygen atoms in total. The van der Waals surface area contributed by atoms with E-state index in [0.717, 1.165) is 44.9 Å². The summed E-state index contributed by atoms with van der Waals surface area (Å²) in [6, 6.07) is 0.624. The number of carbonyl (C=O) groups excluding carboxylic acids is 1. The fourth-order valence-corrected chi connectivity index (χ4v) is 3.76. The van der Waals surface area contributed by atoms with Crippen molar-refractivity contribution in [1.29, 1.82) is 0 Å². The standard InChI is InChI=1S/C20H38N4O2.HI/c1-7-8-11-26-17-12-16(20(17,4)5)23-19(21-6)22-15-9-10-24(13-15)18(25)14(2)3;/h14-17H,7-13H2,1-6H3,(H2,21,22,23);1H. The van der Waals surface area contributed by atoms with Gasteiger partial charge in [0.1, 0.15) is 0 Å². The molecule has 7 heteroatoms. The number of carbonyl (C=O) groups is 1. The molecule has 1 saturated carbocycles. The fraction of sp³-hybridized carbons (Fsp3) is 0.900. The van der Waals surface area contributed by atoms with E-state index in [-0.39, 0.29) is 47.3 Å². The summed E-state index contributed by atoms with van der Waals surface area (Å²) in [6.07, 6.45) is 4.59. The number of ether oxygens (including phenoxy) is 1. The van der Waals surface area contributed by atoms with Crippen molar-refractivity contribution >= 4 is 35.8 Å². The van der Waals surface area contributed by atoms with E-state index < -0.39 is 0 Å². The van der Waals surface area contributed by atoms with Crippen molar-refractivity contribution in [3.8, 4) is 0 Å². The molecule has 0 aromatic carbocycles. The third-order valence-corrected chi connectivity index (χ3v) is 5.86. The molecule has 0 aromatic rings. The van der Waals surface area contributed by atoms with Gasteiger partial charge in [0.05, 0.1) is 6.10 Å². The van der Waals surface area contributed by atoms with Crippen LogP contribution < -0.4 is 10.6 Å². The van der Waals surface area contributed by atoms with Gasteiger partial charge in [0.25, 0.3) is 0 Å². The number of guanidine groups is 1. The van der Waals surface area contributed by atoms with E-state index in [1.54, 1.807) is 0 Å². The van der Waals surface area contributed by atoms with Crippen LogP contribution in [-0.2, 0) is 9.53 Å². The van der Waals surface area contributed by atoms with Gasteiger partial charge in [-0.15, -0.1) is 24.0 Å². The molecule has 1 heterocycles. The topological polar surface area (TPSA) is 66.0 Å². The summed E-state index contributed by atoms with van der Waals surface area (Å²) >= 11 is 0. The molecule has 3 unspecified atom stereocenters. The average molecular weight is 494 g/mol. The lowest BCUT2D eigenvalue weighted by Crippen LogP contribution is -2.64. The molecule has 1 saturated heterocycles. The Bertz CT molecular complexity index is 510. The molecule has 0 bridgehead atoms. The van der Waals surface area contributed by atoms with E-state index >= 15 is 0 Å². The Morgan fingerprint density at radius 2 is 2.04 bits per heavy atom. The highest BCUT2D eigenvalue weighted by atomic mass is 127. The molecule has 27 heavy (non-hydrogen) atoms. The minimum Gasteiger partial charge on any atom is -0.378 e. The number of rotatable bonds is 7. The monoisotopic (exact) mass is 494 g/mol. The highest BCUT2D eigenvalue weighted by Crippen LogP contribution is 2.42. The maximum atomic E-state index is 12.1. The van der Waals surface area contributed by atoms with Gasteiger partial charge in [0.15, 0.2) is 5.96 Å². The van der Waals surface area contributed by atoms with Crippen molar-refractivity contribution in [3.05, 3.63) is 0 Å². The molecular weight excluding hydrogens is 455 g/mol. The van der Waals surface area contributed by atoms with Crippen LogP contribution in [-0.4, -0.2) is 61.7 Å². The Kier molecular flexibility index (Phi) is 9.82. The summed E-state index contributed by atoms with van der Waals surface area (Å²) in [7, 11) is 1.81. The van der Waals surface area contributed by atoms with Crippen LogP contribution in [0, 0.1) is 11.3 Å². The number of hydrogen-bond acceptors (Lipinski definition) is 3. The number of halogens is 1. The zero-order valence-electron chi connectivity index (χ0n) is 17.9. The normalized spacial score (nSPS) is 27.1. The van der Waals surface area contributed by atoms with Gasteiger partial charge in [0, 0.05) is 50.2 Å². The first kappa shape index (κ1) is 24.5. The van der Waals surface area contributed by atoms with Crippen molar-refractivity contribution in [3.63, 3.8) is 0 Å². The zero-order chi connectivity index (χ0) is 19.3. The highest BCUT2D eigenvalue weighted by Gasteiger charge is 2.49. The number of unbranched alkanes of at least 4 members (excludes halogenated alkanes) is 1.